The fourth-order valence-corrected chi connectivity index (χ4v) is 3.79. The third kappa shape index (κ3) is 2.90. The van der Waals surface area contributed by atoms with Crippen molar-refractivity contribution in [1.29, 1.82) is 0 Å². The fourth-order valence-electron chi connectivity index (χ4n) is 2.99. The van der Waals surface area contributed by atoms with Gasteiger partial charge in [-0.1, -0.05) is 12.8 Å². The number of aromatic nitrogens is 2. The lowest BCUT2D eigenvalue weighted by atomic mass is 9.90. The summed E-state index contributed by atoms with van der Waals surface area (Å²) in [6.45, 7) is 2.44. The Labute approximate surface area is 118 Å². The Morgan fingerprint density at radius 2 is 2.32 bits per heavy atom. The van der Waals surface area contributed by atoms with Gasteiger partial charge in [-0.2, -0.15) is 4.37 Å². The summed E-state index contributed by atoms with van der Waals surface area (Å²) in [6.07, 6.45) is 6.20. The van der Waals surface area contributed by atoms with E-state index >= 15 is 0 Å². The minimum Gasteiger partial charge on any atom is -0.384 e. The van der Waals surface area contributed by atoms with Crippen LogP contribution in [0.5, 0.6) is 0 Å². The lowest BCUT2D eigenvalue weighted by molar-refractivity contribution is -0.00870. The maximum absolute atomic E-state index is 5.90. The fraction of sp³-hybridized carbons (Fsp3) is 0.846. The van der Waals surface area contributed by atoms with Crippen LogP contribution in [0, 0.1) is 0 Å². The predicted octanol–water partition coefficient (Wildman–Crippen LogP) is 1.87. The van der Waals surface area contributed by atoms with Crippen molar-refractivity contribution in [2.24, 2.45) is 0 Å². The molecule has 0 amide bonds. The van der Waals surface area contributed by atoms with Crippen molar-refractivity contribution >= 4 is 16.7 Å². The molecule has 5 nitrogen and oxygen atoms in total. The topological polar surface area (TPSA) is 47.5 Å². The zero-order valence-corrected chi connectivity index (χ0v) is 12.2. The van der Waals surface area contributed by atoms with Crippen LogP contribution in [0.15, 0.2) is 0 Å². The summed E-state index contributed by atoms with van der Waals surface area (Å²) in [7, 11) is 1.71. The third-order valence-electron chi connectivity index (χ3n) is 3.97. The van der Waals surface area contributed by atoms with Crippen LogP contribution in [0.1, 0.15) is 31.5 Å². The molecule has 2 heterocycles. The number of nitrogens with zero attached hydrogens (tertiary/aromatic N) is 3. The molecule has 1 aromatic rings. The first-order valence-electron chi connectivity index (χ1n) is 7.08. The largest absolute Gasteiger partial charge is 0.384 e. The zero-order valence-electron chi connectivity index (χ0n) is 11.4. The van der Waals surface area contributed by atoms with E-state index < -0.39 is 0 Å². The molecule has 0 N–H and O–H groups in total. The average Bonchev–Trinajstić information content (AvgIpc) is 2.93. The SMILES string of the molecule is COCCc1nsc(N2CCO[C@@H]3CCCC[C@H]32)n1. The Bertz CT molecular complexity index is 410. The molecule has 2 fully saturated rings. The molecule has 1 saturated heterocycles. The van der Waals surface area contributed by atoms with E-state index in [9.17, 15) is 0 Å². The first kappa shape index (κ1) is 13.3. The third-order valence-corrected chi connectivity index (χ3v) is 4.76. The molecule has 3 rings (SSSR count). The Morgan fingerprint density at radius 3 is 3.21 bits per heavy atom. The van der Waals surface area contributed by atoms with Gasteiger partial charge < -0.3 is 14.4 Å². The van der Waals surface area contributed by atoms with Crippen molar-refractivity contribution in [2.75, 3.05) is 31.8 Å². The second-order valence-corrected chi connectivity index (χ2v) is 5.92. The Morgan fingerprint density at radius 1 is 1.42 bits per heavy atom. The molecule has 6 heteroatoms. The summed E-state index contributed by atoms with van der Waals surface area (Å²) in [6, 6.07) is 0.505. The Hall–Kier alpha value is -0.720. The van der Waals surface area contributed by atoms with Crippen LogP contribution < -0.4 is 4.90 Å². The highest BCUT2D eigenvalue weighted by Crippen LogP contribution is 2.32. The molecular weight excluding hydrogens is 262 g/mol. The van der Waals surface area contributed by atoms with Crippen LogP contribution in [-0.2, 0) is 15.9 Å². The van der Waals surface area contributed by atoms with Crippen molar-refractivity contribution in [1.82, 2.24) is 9.36 Å². The molecule has 1 aromatic heterocycles. The molecule has 1 saturated carbocycles. The molecule has 2 aliphatic rings. The first-order chi connectivity index (χ1) is 9.38. The van der Waals surface area contributed by atoms with E-state index in [-0.39, 0.29) is 0 Å². The second-order valence-electron chi connectivity index (χ2n) is 5.19. The molecule has 0 spiro atoms. The maximum atomic E-state index is 5.90. The molecule has 0 radical (unpaired) electrons. The van der Waals surface area contributed by atoms with Crippen LogP contribution in [0.3, 0.4) is 0 Å². The Kier molecular flexibility index (Phi) is 4.30. The standard InChI is InChI=1S/C13H21N3O2S/c1-17-8-6-12-14-13(19-15-12)16-7-9-18-11-5-3-2-4-10(11)16/h10-11H,2-9H2,1H3/t10-,11-/m1/s1. The van der Waals surface area contributed by atoms with Crippen LogP contribution in [-0.4, -0.2) is 48.4 Å². The zero-order chi connectivity index (χ0) is 13.1. The number of anilines is 1. The van der Waals surface area contributed by atoms with Gasteiger partial charge in [0.05, 0.1) is 25.4 Å². The van der Waals surface area contributed by atoms with Crippen molar-refractivity contribution in [3.63, 3.8) is 0 Å². The number of morpholine rings is 1. The summed E-state index contributed by atoms with van der Waals surface area (Å²) in [5.74, 6) is 0.903. The van der Waals surface area contributed by atoms with E-state index in [0.717, 1.165) is 30.5 Å². The molecule has 0 bridgehead atoms. The quantitative estimate of drug-likeness (QED) is 0.844. The maximum Gasteiger partial charge on any atom is 0.205 e. The monoisotopic (exact) mass is 283 g/mol. The summed E-state index contributed by atoms with van der Waals surface area (Å²) < 4.78 is 15.4. The van der Waals surface area contributed by atoms with Gasteiger partial charge in [0, 0.05) is 31.6 Å². The molecule has 0 unspecified atom stereocenters. The van der Waals surface area contributed by atoms with Crippen molar-refractivity contribution in [2.45, 2.75) is 44.2 Å². The van der Waals surface area contributed by atoms with E-state index in [1.165, 1.54) is 37.2 Å². The highest BCUT2D eigenvalue weighted by molar-refractivity contribution is 7.09. The molecule has 106 valence electrons. The lowest BCUT2D eigenvalue weighted by Gasteiger charge is -2.43. The molecule has 1 aliphatic heterocycles. The molecular formula is C13H21N3O2S. The highest BCUT2D eigenvalue weighted by atomic mass is 32.1. The molecule has 19 heavy (non-hydrogen) atoms. The van der Waals surface area contributed by atoms with Gasteiger partial charge in [0.15, 0.2) is 0 Å². The first-order valence-corrected chi connectivity index (χ1v) is 7.85. The smallest absolute Gasteiger partial charge is 0.205 e. The minimum atomic E-state index is 0.397. The van der Waals surface area contributed by atoms with Gasteiger partial charge in [0.1, 0.15) is 5.82 Å². The summed E-state index contributed by atoms with van der Waals surface area (Å²) in [5, 5.41) is 1.06. The van der Waals surface area contributed by atoms with Gasteiger partial charge in [0.25, 0.3) is 0 Å². The highest BCUT2D eigenvalue weighted by Gasteiger charge is 2.35. The predicted molar refractivity (Wildman–Crippen MR) is 74.8 cm³/mol. The van der Waals surface area contributed by atoms with Crippen molar-refractivity contribution in [3.8, 4) is 0 Å². The second kappa shape index (κ2) is 6.15. The van der Waals surface area contributed by atoms with Crippen molar-refractivity contribution in [3.05, 3.63) is 5.82 Å². The van der Waals surface area contributed by atoms with Gasteiger partial charge in [-0.05, 0) is 12.8 Å². The van der Waals surface area contributed by atoms with E-state index in [1.807, 2.05) is 0 Å². The minimum absolute atomic E-state index is 0.397. The van der Waals surface area contributed by atoms with Crippen LogP contribution in [0.2, 0.25) is 0 Å². The van der Waals surface area contributed by atoms with Gasteiger partial charge in [-0.3, -0.25) is 0 Å². The van der Waals surface area contributed by atoms with Crippen LogP contribution in [0.4, 0.5) is 5.13 Å². The summed E-state index contributed by atoms with van der Waals surface area (Å²) >= 11 is 1.52. The summed E-state index contributed by atoms with van der Waals surface area (Å²) in [5.41, 5.74) is 0. The molecule has 0 aromatic carbocycles. The number of rotatable bonds is 4. The van der Waals surface area contributed by atoms with Gasteiger partial charge in [-0.25, -0.2) is 4.98 Å². The summed E-state index contributed by atoms with van der Waals surface area (Å²) in [4.78, 5) is 7.08. The number of ether oxygens (including phenoxy) is 2. The number of methoxy groups -OCH3 is 1. The number of fused-ring (bicyclic) bond motifs is 1. The van der Waals surface area contributed by atoms with Crippen LogP contribution in [0.25, 0.3) is 0 Å². The van der Waals surface area contributed by atoms with Gasteiger partial charge >= 0.3 is 0 Å². The molecule has 2 atom stereocenters. The number of hydrogen-bond acceptors (Lipinski definition) is 6. The average molecular weight is 283 g/mol. The lowest BCUT2D eigenvalue weighted by Crippen LogP contribution is -2.52. The van der Waals surface area contributed by atoms with E-state index in [1.54, 1.807) is 7.11 Å². The normalized spacial score (nSPS) is 27.3. The number of hydrogen-bond donors (Lipinski definition) is 0. The van der Waals surface area contributed by atoms with E-state index in [0.29, 0.717) is 18.8 Å². The van der Waals surface area contributed by atoms with Crippen molar-refractivity contribution < 1.29 is 9.47 Å². The Balaban J connectivity index is 1.70. The van der Waals surface area contributed by atoms with Gasteiger partial charge in [0.2, 0.25) is 5.13 Å². The molecule has 1 aliphatic carbocycles. The van der Waals surface area contributed by atoms with Crippen LogP contribution >= 0.6 is 11.5 Å². The van der Waals surface area contributed by atoms with E-state index in [4.69, 9.17) is 9.47 Å². The van der Waals surface area contributed by atoms with Gasteiger partial charge in [-0.15, -0.1) is 0 Å². The van der Waals surface area contributed by atoms with E-state index in [2.05, 4.69) is 14.3 Å².